The zero-order valence-corrected chi connectivity index (χ0v) is 15.7. The second kappa shape index (κ2) is 7.37. The number of rotatable bonds is 5. The van der Waals surface area contributed by atoms with Gasteiger partial charge in [-0.1, -0.05) is 37.1 Å². The Balaban J connectivity index is 1.34. The third-order valence-corrected chi connectivity index (χ3v) is 6.35. The van der Waals surface area contributed by atoms with Crippen LogP contribution in [0.5, 0.6) is 0 Å². The Morgan fingerprint density at radius 1 is 1.26 bits per heavy atom. The van der Waals surface area contributed by atoms with Crippen LogP contribution in [-0.4, -0.2) is 25.3 Å². The van der Waals surface area contributed by atoms with E-state index in [0.717, 1.165) is 30.4 Å². The van der Waals surface area contributed by atoms with Crippen LogP contribution in [0.2, 0.25) is 0 Å². The number of hydrogen-bond acceptors (Lipinski definition) is 4. The van der Waals surface area contributed by atoms with Gasteiger partial charge in [0.15, 0.2) is 0 Å². The molecule has 1 amide bonds. The van der Waals surface area contributed by atoms with Crippen molar-refractivity contribution in [2.45, 2.75) is 44.9 Å². The number of hydrogen-bond donors (Lipinski definition) is 1. The zero-order chi connectivity index (χ0) is 18.9. The van der Waals surface area contributed by atoms with Crippen molar-refractivity contribution in [3.05, 3.63) is 42.0 Å². The maximum atomic E-state index is 12.4. The predicted octanol–water partition coefficient (Wildman–Crippen LogP) is 4.48. The molecule has 3 aliphatic rings. The maximum Gasteiger partial charge on any atom is 0.411 e. The minimum Gasteiger partial charge on any atom is -0.465 e. The van der Waals surface area contributed by atoms with E-state index in [1.54, 1.807) is 0 Å². The molecule has 1 heterocycles. The van der Waals surface area contributed by atoms with Gasteiger partial charge in [0.05, 0.1) is 18.6 Å². The smallest absolute Gasteiger partial charge is 0.411 e. The van der Waals surface area contributed by atoms with Crippen molar-refractivity contribution in [2.24, 2.45) is 17.3 Å². The summed E-state index contributed by atoms with van der Waals surface area (Å²) >= 11 is 0. The van der Waals surface area contributed by atoms with Gasteiger partial charge < -0.3 is 9.47 Å². The largest absolute Gasteiger partial charge is 0.465 e. The van der Waals surface area contributed by atoms with Crippen LogP contribution in [0.1, 0.15) is 44.1 Å². The molecule has 0 bridgehead atoms. The lowest BCUT2D eigenvalue weighted by atomic mass is 9.75. The fourth-order valence-electron chi connectivity index (χ4n) is 4.86. The number of anilines is 1. The molecule has 27 heavy (non-hydrogen) atoms. The summed E-state index contributed by atoms with van der Waals surface area (Å²) in [6, 6.07) is 7.65. The lowest BCUT2D eigenvalue weighted by molar-refractivity contribution is -0.146. The molecule has 1 N–H and O–H groups in total. The first kappa shape index (κ1) is 18.1. The van der Waals surface area contributed by atoms with Gasteiger partial charge in [0.25, 0.3) is 0 Å². The van der Waals surface area contributed by atoms with E-state index in [1.165, 1.54) is 12.8 Å². The van der Waals surface area contributed by atoms with Crippen LogP contribution in [-0.2, 0) is 20.7 Å². The van der Waals surface area contributed by atoms with Gasteiger partial charge in [0.1, 0.15) is 0 Å². The number of cyclic esters (lactones) is 1. The Hall–Kier alpha value is -2.30. The monoisotopic (exact) mass is 369 g/mol. The van der Waals surface area contributed by atoms with Gasteiger partial charge in [0, 0.05) is 11.6 Å². The summed E-state index contributed by atoms with van der Waals surface area (Å²) in [5, 5.41) is 2.78. The number of nitrogens with one attached hydrogen (secondary N) is 1. The topological polar surface area (TPSA) is 64.6 Å². The number of carbonyl (C=O) groups is 2. The number of allylic oxidation sites excluding steroid dienone is 1. The Kier molecular flexibility index (Phi) is 4.94. The number of esters is 1. The highest BCUT2D eigenvalue weighted by Gasteiger charge is 2.55. The molecule has 4 rings (SSSR count). The van der Waals surface area contributed by atoms with Crippen LogP contribution in [0.3, 0.4) is 0 Å². The second-order valence-corrected chi connectivity index (χ2v) is 8.33. The van der Waals surface area contributed by atoms with Crippen molar-refractivity contribution < 1.29 is 19.1 Å². The zero-order valence-electron chi connectivity index (χ0n) is 15.7. The van der Waals surface area contributed by atoms with E-state index < -0.39 is 11.5 Å². The normalized spacial score (nSPS) is 27.5. The summed E-state index contributed by atoms with van der Waals surface area (Å²) < 4.78 is 10.7. The van der Waals surface area contributed by atoms with E-state index in [9.17, 15) is 9.59 Å². The van der Waals surface area contributed by atoms with Crippen molar-refractivity contribution in [3.8, 4) is 0 Å². The molecule has 1 aromatic rings. The molecule has 1 aromatic carbocycles. The first-order chi connectivity index (χ1) is 13.0. The first-order valence-corrected chi connectivity index (χ1v) is 9.92. The van der Waals surface area contributed by atoms with Crippen LogP contribution < -0.4 is 5.32 Å². The van der Waals surface area contributed by atoms with Gasteiger partial charge in [-0.15, -0.1) is 0 Å². The molecular weight excluding hydrogens is 342 g/mol. The van der Waals surface area contributed by atoms with Crippen molar-refractivity contribution >= 4 is 17.7 Å². The highest BCUT2D eigenvalue weighted by Crippen LogP contribution is 2.52. The third-order valence-electron chi connectivity index (χ3n) is 6.35. The molecule has 2 atom stereocenters. The van der Waals surface area contributed by atoms with Crippen molar-refractivity contribution in [2.75, 3.05) is 18.5 Å². The summed E-state index contributed by atoms with van der Waals surface area (Å²) in [5.74, 6) is 0.655. The summed E-state index contributed by atoms with van der Waals surface area (Å²) in [6.45, 7) is 5.09. The van der Waals surface area contributed by atoms with Crippen LogP contribution in [0, 0.1) is 17.3 Å². The van der Waals surface area contributed by atoms with E-state index in [1.807, 2.05) is 24.3 Å². The van der Waals surface area contributed by atoms with E-state index >= 15 is 0 Å². The minimum absolute atomic E-state index is 0.0937. The number of ether oxygens (including phenoxy) is 2. The van der Waals surface area contributed by atoms with E-state index in [0.29, 0.717) is 37.7 Å². The number of fused-ring (bicyclic) bond motifs is 1. The van der Waals surface area contributed by atoms with Crippen LogP contribution in [0.25, 0.3) is 0 Å². The second-order valence-electron chi connectivity index (χ2n) is 8.33. The molecule has 2 unspecified atom stereocenters. The summed E-state index contributed by atoms with van der Waals surface area (Å²) in [5.41, 5.74) is 2.46. The third kappa shape index (κ3) is 3.73. The molecule has 2 saturated carbocycles. The summed E-state index contributed by atoms with van der Waals surface area (Å²) in [4.78, 5) is 24.3. The molecule has 2 aliphatic carbocycles. The van der Waals surface area contributed by atoms with Crippen molar-refractivity contribution in [1.82, 2.24) is 0 Å². The average Bonchev–Trinajstić information content (AvgIpc) is 3.33. The quantitative estimate of drug-likeness (QED) is 0.614. The number of amides is 1. The van der Waals surface area contributed by atoms with Crippen LogP contribution in [0.4, 0.5) is 10.5 Å². The Bertz CT molecular complexity index is 735. The molecular formula is C22H27NO4. The van der Waals surface area contributed by atoms with E-state index in [4.69, 9.17) is 9.47 Å². The van der Waals surface area contributed by atoms with E-state index in [2.05, 4.69) is 11.9 Å². The van der Waals surface area contributed by atoms with Gasteiger partial charge in [-0.2, -0.15) is 0 Å². The fourth-order valence-corrected chi connectivity index (χ4v) is 4.86. The van der Waals surface area contributed by atoms with Gasteiger partial charge in [0.2, 0.25) is 0 Å². The van der Waals surface area contributed by atoms with Gasteiger partial charge in [-0.25, -0.2) is 4.79 Å². The lowest BCUT2D eigenvalue weighted by Gasteiger charge is -2.24. The Morgan fingerprint density at radius 3 is 2.74 bits per heavy atom. The van der Waals surface area contributed by atoms with Gasteiger partial charge in [-0.05, 0) is 55.7 Å². The molecule has 5 heteroatoms. The molecule has 144 valence electrons. The standard InChI is InChI=1S/C22H27NO4/c1-15-10-18-14-26-20(24)22(18,11-15)12-16-6-8-19(9-7-16)23-21(25)27-13-17-4-2-3-5-17/h6-9,17-18H,1-5,10-14H2,(H,23,25). The fraction of sp³-hybridized carbons (Fsp3) is 0.545. The summed E-state index contributed by atoms with van der Waals surface area (Å²) in [6.07, 6.45) is 6.61. The van der Waals surface area contributed by atoms with Crippen molar-refractivity contribution in [3.63, 3.8) is 0 Å². The lowest BCUT2D eigenvalue weighted by Crippen LogP contribution is -2.31. The molecule has 3 fully saturated rings. The van der Waals surface area contributed by atoms with Crippen LogP contribution >= 0.6 is 0 Å². The molecule has 0 spiro atoms. The first-order valence-electron chi connectivity index (χ1n) is 9.92. The SMILES string of the molecule is C=C1CC2COC(=O)C2(Cc2ccc(NC(=O)OCC3CCCC3)cc2)C1. The average molecular weight is 369 g/mol. The van der Waals surface area contributed by atoms with E-state index in [-0.39, 0.29) is 11.9 Å². The number of benzene rings is 1. The van der Waals surface area contributed by atoms with Crippen molar-refractivity contribution in [1.29, 1.82) is 0 Å². The maximum absolute atomic E-state index is 12.4. The van der Waals surface area contributed by atoms with Crippen LogP contribution in [0.15, 0.2) is 36.4 Å². The van der Waals surface area contributed by atoms with Gasteiger partial charge in [-0.3, -0.25) is 10.1 Å². The predicted molar refractivity (Wildman–Crippen MR) is 102 cm³/mol. The molecule has 0 aromatic heterocycles. The Labute approximate surface area is 160 Å². The number of carbonyl (C=O) groups excluding carboxylic acids is 2. The molecule has 0 radical (unpaired) electrons. The molecule has 1 aliphatic heterocycles. The van der Waals surface area contributed by atoms with Gasteiger partial charge >= 0.3 is 12.1 Å². The minimum atomic E-state index is -0.452. The highest BCUT2D eigenvalue weighted by molar-refractivity contribution is 5.84. The molecule has 5 nitrogen and oxygen atoms in total. The summed E-state index contributed by atoms with van der Waals surface area (Å²) in [7, 11) is 0. The molecule has 1 saturated heterocycles. The Morgan fingerprint density at radius 2 is 2.00 bits per heavy atom. The highest BCUT2D eigenvalue weighted by atomic mass is 16.5.